The van der Waals surface area contributed by atoms with Crippen molar-refractivity contribution in [2.75, 3.05) is 24.6 Å². The molecule has 1 aliphatic heterocycles. The number of thioether (sulfide) groups is 1. The molecule has 2 rings (SSSR count). The molecule has 0 amide bonds. The first kappa shape index (κ1) is 14.2. The molecule has 1 saturated heterocycles. The summed E-state index contributed by atoms with van der Waals surface area (Å²) in [6.07, 6.45) is 0. The molecule has 0 aromatic heterocycles. The second-order valence-corrected chi connectivity index (χ2v) is 8.54. The smallest absolute Gasteiger partial charge is 0.244 e. The highest BCUT2D eigenvalue weighted by Crippen LogP contribution is 2.29. The van der Waals surface area contributed by atoms with Crippen LogP contribution in [0.4, 0.5) is 5.69 Å². The largest absolute Gasteiger partial charge is 0.399 e. The minimum Gasteiger partial charge on any atom is -0.399 e. The Bertz CT molecular complexity index is 548. The van der Waals surface area contributed by atoms with Crippen LogP contribution in [0.1, 0.15) is 6.92 Å². The standard InChI is InChI=1S/C11H15BrN2O2S2/c1-8-7-14(4-5-17-8)18(15,16)11-6-9(13)2-3-10(11)12/h2-3,6,8H,4-5,7,13H2,1H3. The first-order valence-corrected chi connectivity index (χ1v) is 8.86. The summed E-state index contributed by atoms with van der Waals surface area (Å²) in [5.74, 6) is 0.834. The number of hydrogen-bond acceptors (Lipinski definition) is 4. The lowest BCUT2D eigenvalue weighted by Gasteiger charge is -2.30. The molecule has 7 heteroatoms. The summed E-state index contributed by atoms with van der Waals surface area (Å²) in [5.41, 5.74) is 6.13. The molecule has 1 fully saturated rings. The van der Waals surface area contributed by atoms with Gasteiger partial charge in [-0.25, -0.2) is 8.42 Å². The van der Waals surface area contributed by atoms with Crippen molar-refractivity contribution in [1.29, 1.82) is 0 Å². The van der Waals surface area contributed by atoms with Gasteiger partial charge in [0.1, 0.15) is 0 Å². The molecule has 1 heterocycles. The van der Waals surface area contributed by atoms with Crippen molar-refractivity contribution in [3.63, 3.8) is 0 Å². The summed E-state index contributed by atoms with van der Waals surface area (Å²) in [5, 5.41) is 0.327. The van der Waals surface area contributed by atoms with Crippen LogP contribution in [0.5, 0.6) is 0 Å². The van der Waals surface area contributed by atoms with Crippen LogP contribution in [-0.4, -0.2) is 36.8 Å². The summed E-state index contributed by atoms with van der Waals surface area (Å²) < 4.78 is 27.2. The number of nitrogens with zero attached hydrogens (tertiary/aromatic N) is 1. The van der Waals surface area contributed by atoms with E-state index in [2.05, 4.69) is 15.9 Å². The van der Waals surface area contributed by atoms with E-state index < -0.39 is 10.0 Å². The van der Waals surface area contributed by atoms with Crippen molar-refractivity contribution < 1.29 is 8.42 Å². The van der Waals surface area contributed by atoms with E-state index in [1.165, 1.54) is 10.4 Å². The maximum absolute atomic E-state index is 12.5. The Morgan fingerprint density at radius 1 is 1.50 bits per heavy atom. The molecule has 18 heavy (non-hydrogen) atoms. The van der Waals surface area contributed by atoms with E-state index in [9.17, 15) is 8.42 Å². The number of nitrogens with two attached hydrogens (primary N) is 1. The second-order valence-electron chi connectivity index (χ2n) is 4.23. The fourth-order valence-electron chi connectivity index (χ4n) is 1.86. The van der Waals surface area contributed by atoms with Gasteiger partial charge in [0, 0.05) is 34.3 Å². The first-order chi connectivity index (χ1) is 8.41. The molecule has 0 spiro atoms. The highest BCUT2D eigenvalue weighted by molar-refractivity contribution is 9.10. The lowest BCUT2D eigenvalue weighted by molar-refractivity contribution is 0.424. The van der Waals surface area contributed by atoms with Crippen molar-refractivity contribution in [2.24, 2.45) is 0 Å². The van der Waals surface area contributed by atoms with E-state index in [1.807, 2.05) is 6.92 Å². The maximum Gasteiger partial charge on any atom is 0.244 e. The molecule has 100 valence electrons. The molecule has 0 aliphatic carbocycles. The predicted octanol–water partition coefficient (Wildman–Crippen LogP) is 2.16. The quantitative estimate of drug-likeness (QED) is 0.830. The summed E-state index contributed by atoms with van der Waals surface area (Å²) in [6, 6.07) is 4.86. The van der Waals surface area contributed by atoms with Crippen LogP contribution in [0.15, 0.2) is 27.6 Å². The summed E-state index contributed by atoms with van der Waals surface area (Å²) in [4.78, 5) is 0.251. The Kier molecular flexibility index (Phi) is 4.25. The number of hydrogen-bond donors (Lipinski definition) is 1. The van der Waals surface area contributed by atoms with Crippen LogP contribution < -0.4 is 5.73 Å². The molecule has 1 aromatic rings. The van der Waals surface area contributed by atoms with E-state index in [1.54, 1.807) is 23.9 Å². The monoisotopic (exact) mass is 350 g/mol. The van der Waals surface area contributed by atoms with Gasteiger partial charge in [-0.15, -0.1) is 0 Å². The highest BCUT2D eigenvalue weighted by Gasteiger charge is 2.30. The molecule has 0 saturated carbocycles. The van der Waals surface area contributed by atoms with E-state index in [4.69, 9.17) is 5.73 Å². The molecule has 2 N–H and O–H groups in total. The number of benzene rings is 1. The van der Waals surface area contributed by atoms with Gasteiger partial charge in [0.25, 0.3) is 0 Å². The van der Waals surface area contributed by atoms with Gasteiger partial charge < -0.3 is 5.73 Å². The summed E-state index contributed by atoms with van der Waals surface area (Å²) in [7, 11) is -3.45. The van der Waals surface area contributed by atoms with Gasteiger partial charge in [-0.3, -0.25) is 0 Å². The minimum atomic E-state index is -3.45. The Balaban J connectivity index is 2.38. The lowest BCUT2D eigenvalue weighted by atomic mass is 10.3. The number of halogens is 1. The van der Waals surface area contributed by atoms with Crippen LogP contribution in [-0.2, 0) is 10.0 Å². The Morgan fingerprint density at radius 2 is 2.22 bits per heavy atom. The van der Waals surface area contributed by atoms with E-state index >= 15 is 0 Å². The fourth-order valence-corrected chi connectivity index (χ4v) is 5.57. The van der Waals surface area contributed by atoms with Gasteiger partial charge in [-0.2, -0.15) is 16.1 Å². The van der Waals surface area contributed by atoms with Gasteiger partial charge in [-0.05, 0) is 34.1 Å². The van der Waals surface area contributed by atoms with Crippen molar-refractivity contribution in [2.45, 2.75) is 17.1 Å². The molecule has 1 unspecified atom stereocenters. The third-order valence-corrected chi connectivity index (χ3v) is 6.77. The van der Waals surface area contributed by atoms with Gasteiger partial charge in [0.05, 0.1) is 4.90 Å². The van der Waals surface area contributed by atoms with Gasteiger partial charge in [-0.1, -0.05) is 6.92 Å². The topological polar surface area (TPSA) is 63.4 Å². The third-order valence-electron chi connectivity index (χ3n) is 2.78. The van der Waals surface area contributed by atoms with Crippen LogP contribution in [0.2, 0.25) is 0 Å². The van der Waals surface area contributed by atoms with Crippen LogP contribution >= 0.6 is 27.7 Å². The van der Waals surface area contributed by atoms with Gasteiger partial charge in [0.15, 0.2) is 0 Å². The Labute approximate surface area is 120 Å². The van der Waals surface area contributed by atoms with Crippen molar-refractivity contribution in [3.05, 3.63) is 22.7 Å². The molecule has 1 aromatic carbocycles. The number of sulfonamides is 1. The SMILES string of the molecule is CC1CN(S(=O)(=O)c2cc(N)ccc2Br)CCS1. The average molecular weight is 351 g/mol. The zero-order valence-corrected chi connectivity index (χ0v) is 13.2. The Morgan fingerprint density at radius 3 is 2.89 bits per heavy atom. The maximum atomic E-state index is 12.5. The second kappa shape index (κ2) is 5.40. The fraction of sp³-hybridized carbons (Fsp3) is 0.455. The number of nitrogen functional groups attached to an aromatic ring is 1. The van der Waals surface area contributed by atoms with E-state index in [0.29, 0.717) is 28.5 Å². The van der Waals surface area contributed by atoms with E-state index in [-0.39, 0.29) is 4.90 Å². The predicted molar refractivity (Wildman–Crippen MR) is 79.2 cm³/mol. The van der Waals surface area contributed by atoms with Crippen LogP contribution in [0, 0.1) is 0 Å². The van der Waals surface area contributed by atoms with Crippen molar-refractivity contribution in [3.8, 4) is 0 Å². The zero-order valence-electron chi connectivity index (χ0n) is 9.97. The normalized spacial score (nSPS) is 22.0. The molecule has 0 bridgehead atoms. The minimum absolute atomic E-state index is 0.251. The first-order valence-electron chi connectivity index (χ1n) is 5.58. The van der Waals surface area contributed by atoms with Crippen molar-refractivity contribution in [1.82, 2.24) is 4.31 Å². The van der Waals surface area contributed by atoms with Crippen LogP contribution in [0.3, 0.4) is 0 Å². The molecule has 1 aliphatic rings. The molecular formula is C11H15BrN2O2S2. The highest BCUT2D eigenvalue weighted by atomic mass is 79.9. The van der Waals surface area contributed by atoms with Crippen molar-refractivity contribution >= 4 is 43.4 Å². The zero-order chi connectivity index (χ0) is 13.3. The molecule has 1 atom stereocenters. The Hall–Kier alpha value is -0.240. The van der Waals surface area contributed by atoms with Gasteiger partial charge in [0.2, 0.25) is 10.0 Å². The number of anilines is 1. The van der Waals surface area contributed by atoms with E-state index in [0.717, 1.165) is 5.75 Å². The molecule has 0 radical (unpaired) electrons. The van der Waals surface area contributed by atoms with Crippen LogP contribution in [0.25, 0.3) is 0 Å². The summed E-state index contributed by atoms with van der Waals surface area (Å²) >= 11 is 5.08. The third kappa shape index (κ3) is 2.84. The summed E-state index contributed by atoms with van der Waals surface area (Å²) in [6.45, 7) is 3.15. The average Bonchev–Trinajstić information content (AvgIpc) is 2.32. The molecule has 4 nitrogen and oxygen atoms in total. The lowest BCUT2D eigenvalue weighted by Crippen LogP contribution is -2.41. The molecular weight excluding hydrogens is 336 g/mol. The van der Waals surface area contributed by atoms with Gasteiger partial charge >= 0.3 is 0 Å². The number of rotatable bonds is 2.